The number of ether oxygens (including phenoxy) is 1. The van der Waals surface area contributed by atoms with Crippen molar-refractivity contribution in [1.29, 1.82) is 0 Å². The van der Waals surface area contributed by atoms with Gasteiger partial charge in [-0.3, -0.25) is 14.5 Å². The number of halogens is 2. The van der Waals surface area contributed by atoms with Gasteiger partial charge in [0.25, 0.3) is 5.91 Å². The molecule has 5 rings (SSSR count). The number of aryl methyl sites for hydroxylation is 1. The molecule has 3 aromatic carbocycles. The van der Waals surface area contributed by atoms with Gasteiger partial charge in [0.05, 0.1) is 7.11 Å². The van der Waals surface area contributed by atoms with Crippen LogP contribution >= 0.6 is 23.2 Å². The number of hydrogen-bond donors (Lipinski definition) is 1. The van der Waals surface area contributed by atoms with E-state index in [0.717, 1.165) is 10.4 Å². The Hall–Kier alpha value is -4.67. The van der Waals surface area contributed by atoms with Gasteiger partial charge in [-0.2, -0.15) is 4.80 Å². The highest BCUT2D eigenvalue weighted by molar-refractivity contribution is 6.31. The zero-order valence-corrected chi connectivity index (χ0v) is 24.2. The third kappa shape index (κ3) is 6.79. The Bertz CT molecular complexity index is 1670. The molecule has 2 amide bonds. The lowest BCUT2D eigenvalue weighted by molar-refractivity contribution is -0.127. The number of hydrogen-bond acceptors (Lipinski definition) is 7. The Morgan fingerprint density at radius 3 is 2.24 bits per heavy atom. The Balaban J connectivity index is 1.48. The van der Waals surface area contributed by atoms with Crippen molar-refractivity contribution in [3.63, 3.8) is 0 Å². The van der Waals surface area contributed by atoms with Crippen LogP contribution in [0.4, 0.5) is 5.69 Å². The molecule has 0 aliphatic heterocycles. The van der Waals surface area contributed by atoms with Crippen LogP contribution < -0.4 is 15.0 Å². The average molecular weight is 605 g/mol. The highest BCUT2D eigenvalue weighted by Crippen LogP contribution is 2.30. The maximum Gasteiger partial charge on any atom is 0.251 e. The van der Waals surface area contributed by atoms with Gasteiger partial charge in [-0.15, -0.1) is 10.2 Å². The third-order valence-electron chi connectivity index (χ3n) is 6.38. The lowest BCUT2D eigenvalue weighted by atomic mass is 10.0. The van der Waals surface area contributed by atoms with E-state index in [4.69, 9.17) is 32.4 Å². The van der Waals surface area contributed by atoms with Gasteiger partial charge in [0, 0.05) is 22.3 Å². The zero-order valence-electron chi connectivity index (χ0n) is 22.7. The molecule has 0 unspecified atom stereocenters. The number of carbonyl (C=O) groups is 2. The van der Waals surface area contributed by atoms with Gasteiger partial charge in [0.15, 0.2) is 5.76 Å². The van der Waals surface area contributed by atoms with E-state index < -0.39 is 17.9 Å². The van der Waals surface area contributed by atoms with E-state index in [2.05, 4.69) is 20.7 Å². The molecule has 1 atom stereocenters. The lowest BCUT2D eigenvalue weighted by Crippen LogP contribution is -2.45. The van der Waals surface area contributed by atoms with Crippen molar-refractivity contribution in [1.82, 2.24) is 25.5 Å². The van der Waals surface area contributed by atoms with Gasteiger partial charge in [-0.05, 0) is 83.9 Å². The molecule has 1 N–H and O–H groups in total. The smallest absolute Gasteiger partial charge is 0.251 e. The number of furan rings is 1. The second kappa shape index (κ2) is 12.9. The number of aromatic nitrogens is 4. The molecule has 0 aliphatic rings. The molecule has 0 aliphatic carbocycles. The van der Waals surface area contributed by atoms with Crippen molar-refractivity contribution in [3.8, 4) is 17.3 Å². The van der Waals surface area contributed by atoms with Gasteiger partial charge in [-0.25, -0.2) is 0 Å². The summed E-state index contributed by atoms with van der Waals surface area (Å²) in [5.74, 6) is 1.19. The minimum absolute atomic E-state index is 0.228. The van der Waals surface area contributed by atoms with Crippen LogP contribution in [0.15, 0.2) is 89.3 Å². The minimum Gasteiger partial charge on any atom is -0.497 e. The van der Waals surface area contributed by atoms with Crippen molar-refractivity contribution in [3.05, 3.63) is 112 Å². The summed E-state index contributed by atoms with van der Waals surface area (Å²) in [6, 6.07) is 23.2. The first kappa shape index (κ1) is 28.8. The summed E-state index contributed by atoms with van der Waals surface area (Å²) in [6.07, 6.45) is 0. The number of anilines is 1. The van der Waals surface area contributed by atoms with Crippen LogP contribution in [0.3, 0.4) is 0 Å². The predicted octanol–water partition coefficient (Wildman–Crippen LogP) is 5.65. The van der Waals surface area contributed by atoms with Crippen LogP contribution in [0.25, 0.3) is 11.6 Å². The molecule has 0 bridgehead atoms. The van der Waals surface area contributed by atoms with Crippen LogP contribution in [0.1, 0.15) is 22.9 Å². The third-order valence-corrected chi connectivity index (χ3v) is 6.89. The fourth-order valence-electron chi connectivity index (χ4n) is 4.29. The molecule has 0 fully saturated rings. The predicted molar refractivity (Wildman–Crippen MR) is 158 cm³/mol. The van der Waals surface area contributed by atoms with E-state index in [0.29, 0.717) is 38.6 Å². The standard InChI is InChI=1S/C30H26Cl2N6O4/c1-19-3-16-26(42-19)29-34-36-37(35-29)18-27(39)38(24-12-10-23(32)11-13-24)28(21-6-8-22(31)9-7-21)30(40)33-17-20-4-14-25(41-2)15-5-20/h3-16,28H,17-18H2,1-2H3,(H,33,40)/t28-/m1/s1. The van der Waals surface area contributed by atoms with Crippen molar-refractivity contribution in [2.45, 2.75) is 26.1 Å². The van der Waals surface area contributed by atoms with Crippen molar-refractivity contribution >= 4 is 40.7 Å². The van der Waals surface area contributed by atoms with E-state index >= 15 is 0 Å². The molecule has 42 heavy (non-hydrogen) atoms. The first-order valence-electron chi connectivity index (χ1n) is 12.9. The lowest BCUT2D eigenvalue weighted by Gasteiger charge is -2.31. The van der Waals surface area contributed by atoms with Gasteiger partial charge >= 0.3 is 0 Å². The molecule has 2 heterocycles. The number of benzene rings is 3. The summed E-state index contributed by atoms with van der Waals surface area (Å²) in [7, 11) is 1.59. The van der Waals surface area contributed by atoms with E-state index in [1.165, 1.54) is 4.90 Å². The molecule has 214 valence electrons. The summed E-state index contributed by atoms with van der Waals surface area (Å²) >= 11 is 12.3. The fourth-order valence-corrected chi connectivity index (χ4v) is 4.54. The Morgan fingerprint density at radius 2 is 1.62 bits per heavy atom. The van der Waals surface area contributed by atoms with E-state index in [-0.39, 0.29) is 18.9 Å². The molecule has 0 saturated heterocycles. The van der Waals surface area contributed by atoms with Crippen LogP contribution in [-0.2, 0) is 22.7 Å². The number of nitrogens with one attached hydrogen (secondary N) is 1. The second-order valence-electron chi connectivity index (χ2n) is 9.31. The topological polar surface area (TPSA) is 115 Å². The van der Waals surface area contributed by atoms with Crippen LogP contribution in [0, 0.1) is 6.92 Å². The van der Waals surface area contributed by atoms with Crippen molar-refractivity contribution in [2.24, 2.45) is 0 Å². The molecule has 2 aromatic heterocycles. The normalized spacial score (nSPS) is 11.6. The van der Waals surface area contributed by atoms with Crippen LogP contribution in [0.5, 0.6) is 5.75 Å². The van der Waals surface area contributed by atoms with Gasteiger partial charge < -0.3 is 14.5 Å². The SMILES string of the molecule is COc1ccc(CNC(=O)[C@@H](c2ccc(Cl)cc2)N(C(=O)Cn2nnc(-c3ccc(C)o3)n2)c2ccc(Cl)cc2)cc1. The second-order valence-corrected chi connectivity index (χ2v) is 10.2. The largest absolute Gasteiger partial charge is 0.497 e. The molecule has 10 nitrogen and oxygen atoms in total. The Kier molecular flexibility index (Phi) is 8.85. The summed E-state index contributed by atoms with van der Waals surface area (Å²) in [6.45, 7) is 1.73. The number of tetrazole rings is 1. The fraction of sp³-hybridized carbons (Fsp3) is 0.167. The Morgan fingerprint density at radius 1 is 0.952 bits per heavy atom. The summed E-state index contributed by atoms with van der Waals surface area (Å²) in [5.41, 5.74) is 1.86. The van der Waals surface area contributed by atoms with Crippen molar-refractivity contribution < 1.29 is 18.7 Å². The monoisotopic (exact) mass is 604 g/mol. The van der Waals surface area contributed by atoms with Crippen LogP contribution in [-0.4, -0.2) is 39.1 Å². The average Bonchev–Trinajstić information content (AvgIpc) is 3.65. The molecule has 0 saturated carbocycles. The highest BCUT2D eigenvalue weighted by atomic mass is 35.5. The number of rotatable bonds is 10. The minimum atomic E-state index is -1.06. The summed E-state index contributed by atoms with van der Waals surface area (Å²) in [5, 5.41) is 16.3. The molecule has 0 spiro atoms. The van der Waals surface area contributed by atoms with E-state index in [1.54, 1.807) is 74.7 Å². The van der Waals surface area contributed by atoms with Gasteiger partial charge in [0.2, 0.25) is 11.7 Å². The number of amides is 2. The number of nitrogens with zero attached hydrogens (tertiary/aromatic N) is 5. The van der Waals surface area contributed by atoms with Gasteiger partial charge in [0.1, 0.15) is 24.1 Å². The first-order valence-corrected chi connectivity index (χ1v) is 13.6. The first-order chi connectivity index (χ1) is 20.3. The number of carbonyl (C=O) groups excluding carboxylic acids is 2. The maximum absolute atomic E-state index is 14.0. The van der Waals surface area contributed by atoms with Crippen LogP contribution in [0.2, 0.25) is 10.0 Å². The molecule has 12 heteroatoms. The molecular formula is C30H26Cl2N6O4. The van der Waals surface area contributed by atoms with E-state index in [1.807, 2.05) is 24.3 Å². The van der Waals surface area contributed by atoms with Gasteiger partial charge in [-0.1, -0.05) is 47.5 Å². The summed E-state index contributed by atoms with van der Waals surface area (Å²) < 4.78 is 10.8. The number of methoxy groups -OCH3 is 1. The highest BCUT2D eigenvalue weighted by Gasteiger charge is 2.33. The van der Waals surface area contributed by atoms with E-state index in [9.17, 15) is 9.59 Å². The van der Waals surface area contributed by atoms with Crippen molar-refractivity contribution in [2.75, 3.05) is 12.0 Å². The maximum atomic E-state index is 14.0. The quantitative estimate of drug-likeness (QED) is 0.219. The Labute approximate surface area is 251 Å². The molecular weight excluding hydrogens is 579 g/mol. The molecule has 0 radical (unpaired) electrons. The molecule has 5 aromatic rings. The zero-order chi connectivity index (χ0) is 29.6. The summed E-state index contributed by atoms with van der Waals surface area (Å²) in [4.78, 5) is 30.5.